The molecule has 82 valence electrons. The third kappa shape index (κ3) is 1.72. The van der Waals surface area contributed by atoms with E-state index in [1.807, 2.05) is 0 Å². The highest BCUT2D eigenvalue weighted by molar-refractivity contribution is 6.30. The Hall–Kier alpha value is -2.01. The van der Waals surface area contributed by atoms with E-state index in [0.717, 1.165) is 0 Å². The molecule has 0 aliphatic rings. The largest absolute Gasteiger partial charge is 0.478 e. The topological polar surface area (TPSA) is 75.1 Å². The minimum Gasteiger partial charge on any atom is -0.478 e. The average molecular weight is 239 g/mol. The van der Waals surface area contributed by atoms with Crippen molar-refractivity contribution in [1.82, 2.24) is 9.55 Å². The summed E-state index contributed by atoms with van der Waals surface area (Å²) in [6.07, 6.45) is 2.87. The van der Waals surface area contributed by atoms with Gasteiger partial charge in [-0.15, -0.1) is 0 Å². The van der Waals surface area contributed by atoms with Crippen LogP contribution in [0.3, 0.4) is 0 Å². The Bertz CT molecular complexity index is 600. The van der Waals surface area contributed by atoms with E-state index in [4.69, 9.17) is 16.7 Å². The fraction of sp³-hybridized carbons (Fsp3) is 0. The number of carboxylic acids is 1. The molecule has 2 rings (SSSR count). The van der Waals surface area contributed by atoms with Gasteiger partial charge < -0.3 is 10.1 Å². The molecule has 1 heterocycles. The SMILES string of the molecule is O=C(O)c1ccc(Cl)cc1-n1cc[nH]c1=O. The molecule has 0 radical (unpaired) electrons. The third-order valence-corrected chi connectivity index (χ3v) is 2.33. The molecule has 5 nitrogen and oxygen atoms in total. The summed E-state index contributed by atoms with van der Waals surface area (Å²) in [4.78, 5) is 24.8. The number of aromatic nitrogens is 2. The molecule has 0 amide bonds. The second-order valence-electron chi connectivity index (χ2n) is 3.10. The zero-order valence-electron chi connectivity index (χ0n) is 7.98. The lowest BCUT2D eigenvalue weighted by Gasteiger charge is -2.06. The van der Waals surface area contributed by atoms with Crippen molar-refractivity contribution in [3.63, 3.8) is 0 Å². The fourth-order valence-corrected chi connectivity index (χ4v) is 1.56. The monoisotopic (exact) mass is 238 g/mol. The molecule has 0 bridgehead atoms. The van der Waals surface area contributed by atoms with Crippen LogP contribution < -0.4 is 5.69 Å². The molecule has 16 heavy (non-hydrogen) atoms. The number of carbonyl (C=O) groups is 1. The number of rotatable bonds is 2. The summed E-state index contributed by atoms with van der Waals surface area (Å²) >= 11 is 5.77. The van der Waals surface area contributed by atoms with E-state index in [9.17, 15) is 9.59 Å². The first kappa shape index (κ1) is 10.5. The van der Waals surface area contributed by atoms with Crippen molar-refractivity contribution in [3.8, 4) is 5.69 Å². The van der Waals surface area contributed by atoms with Gasteiger partial charge in [0.1, 0.15) is 0 Å². The first-order valence-corrected chi connectivity index (χ1v) is 4.76. The van der Waals surface area contributed by atoms with E-state index in [2.05, 4.69) is 4.98 Å². The van der Waals surface area contributed by atoms with Gasteiger partial charge in [-0.2, -0.15) is 0 Å². The van der Waals surface area contributed by atoms with Crippen LogP contribution in [0.25, 0.3) is 5.69 Å². The Balaban J connectivity index is 2.72. The lowest BCUT2D eigenvalue weighted by Crippen LogP contribution is -2.17. The van der Waals surface area contributed by atoms with Gasteiger partial charge in [-0.25, -0.2) is 9.59 Å². The highest BCUT2D eigenvalue weighted by Crippen LogP contribution is 2.18. The minimum absolute atomic E-state index is 0.0195. The van der Waals surface area contributed by atoms with Crippen LogP contribution in [0.2, 0.25) is 5.02 Å². The second kappa shape index (κ2) is 3.86. The standard InChI is InChI=1S/C10H7ClN2O3/c11-6-1-2-7(9(14)15)8(5-6)13-4-3-12-10(13)16/h1-5H,(H,12,16)(H,14,15). The minimum atomic E-state index is -1.11. The molecular formula is C10H7ClN2O3. The summed E-state index contributed by atoms with van der Waals surface area (Å²) in [5.41, 5.74) is -0.151. The molecule has 1 aromatic carbocycles. The molecule has 0 saturated carbocycles. The lowest BCUT2D eigenvalue weighted by atomic mass is 10.2. The quantitative estimate of drug-likeness (QED) is 0.833. The molecule has 6 heteroatoms. The number of benzene rings is 1. The molecule has 1 aromatic heterocycles. The van der Waals surface area contributed by atoms with E-state index >= 15 is 0 Å². The smallest absolute Gasteiger partial charge is 0.337 e. The molecule has 0 unspecified atom stereocenters. The number of nitrogens with one attached hydrogen (secondary N) is 1. The molecule has 2 aromatic rings. The number of aromatic carboxylic acids is 1. The van der Waals surface area contributed by atoms with Crippen molar-refractivity contribution in [1.29, 1.82) is 0 Å². The fourth-order valence-electron chi connectivity index (χ4n) is 1.39. The van der Waals surface area contributed by atoms with Crippen LogP contribution in [-0.4, -0.2) is 20.6 Å². The zero-order valence-corrected chi connectivity index (χ0v) is 8.73. The van der Waals surface area contributed by atoms with E-state index in [0.29, 0.717) is 5.02 Å². The predicted octanol–water partition coefficient (Wildman–Crippen LogP) is 1.52. The second-order valence-corrected chi connectivity index (χ2v) is 3.54. The zero-order chi connectivity index (χ0) is 11.7. The van der Waals surface area contributed by atoms with E-state index in [1.54, 1.807) is 0 Å². The van der Waals surface area contributed by atoms with Crippen LogP contribution in [-0.2, 0) is 0 Å². The maximum atomic E-state index is 11.4. The molecule has 2 N–H and O–H groups in total. The van der Waals surface area contributed by atoms with Crippen LogP contribution in [0, 0.1) is 0 Å². The Morgan fingerprint density at radius 2 is 2.19 bits per heavy atom. The summed E-state index contributed by atoms with van der Waals surface area (Å²) in [5, 5.41) is 9.35. The Labute approximate surface area is 94.9 Å². The van der Waals surface area contributed by atoms with Crippen molar-refractivity contribution in [2.75, 3.05) is 0 Å². The van der Waals surface area contributed by atoms with Crippen molar-refractivity contribution in [3.05, 3.63) is 51.7 Å². The van der Waals surface area contributed by atoms with Gasteiger partial charge in [0.05, 0.1) is 11.3 Å². The highest BCUT2D eigenvalue weighted by Gasteiger charge is 2.13. The molecule has 0 aliphatic heterocycles. The number of nitrogens with zero attached hydrogens (tertiary/aromatic N) is 1. The van der Waals surface area contributed by atoms with E-state index < -0.39 is 11.7 Å². The van der Waals surface area contributed by atoms with Gasteiger partial charge >= 0.3 is 11.7 Å². The third-order valence-electron chi connectivity index (χ3n) is 2.10. The number of carboxylic acid groups (broad SMARTS) is 1. The summed E-state index contributed by atoms with van der Waals surface area (Å²) in [7, 11) is 0. The molecule has 0 fully saturated rings. The van der Waals surface area contributed by atoms with Gasteiger partial charge in [-0.1, -0.05) is 11.6 Å². The highest BCUT2D eigenvalue weighted by atomic mass is 35.5. The van der Waals surface area contributed by atoms with Crippen molar-refractivity contribution in [2.24, 2.45) is 0 Å². The molecular weight excluding hydrogens is 232 g/mol. The molecule has 0 spiro atoms. The van der Waals surface area contributed by atoms with Crippen molar-refractivity contribution < 1.29 is 9.90 Å². The molecule has 0 aliphatic carbocycles. The molecule has 0 saturated heterocycles. The number of hydrogen-bond acceptors (Lipinski definition) is 2. The van der Waals surface area contributed by atoms with E-state index in [-0.39, 0.29) is 11.3 Å². The summed E-state index contributed by atoms with van der Waals surface area (Å²) in [5.74, 6) is -1.11. The predicted molar refractivity (Wildman–Crippen MR) is 58.4 cm³/mol. The normalized spacial score (nSPS) is 10.3. The number of halogens is 1. The van der Waals surface area contributed by atoms with Gasteiger partial charge in [0.2, 0.25) is 0 Å². The number of aromatic amines is 1. The number of H-pyrrole nitrogens is 1. The van der Waals surface area contributed by atoms with Crippen molar-refractivity contribution >= 4 is 17.6 Å². The summed E-state index contributed by atoms with van der Waals surface area (Å²) < 4.78 is 1.19. The Kier molecular flexibility index (Phi) is 2.54. The van der Waals surface area contributed by atoms with Gasteiger partial charge in [0.25, 0.3) is 0 Å². The van der Waals surface area contributed by atoms with Crippen LogP contribution in [0.15, 0.2) is 35.4 Å². The lowest BCUT2D eigenvalue weighted by molar-refractivity contribution is 0.0697. The Morgan fingerprint density at radius 1 is 1.44 bits per heavy atom. The number of imidazole rings is 1. The van der Waals surface area contributed by atoms with Gasteiger partial charge in [-0.05, 0) is 18.2 Å². The maximum absolute atomic E-state index is 11.4. The van der Waals surface area contributed by atoms with Crippen molar-refractivity contribution in [2.45, 2.75) is 0 Å². The van der Waals surface area contributed by atoms with Crippen LogP contribution in [0.1, 0.15) is 10.4 Å². The van der Waals surface area contributed by atoms with E-state index in [1.165, 1.54) is 35.2 Å². The maximum Gasteiger partial charge on any atom is 0.337 e. The first-order valence-electron chi connectivity index (χ1n) is 4.39. The van der Waals surface area contributed by atoms with Gasteiger partial charge in [0.15, 0.2) is 0 Å². The van der Waals surface area contributed by atoms with Crippen LogP contribution >= 0.6 is 11.6 Å². The summed E-state index contributed by atoms with van der Waals surface area (Å²) in [6, 6.07) is 4.26. The van der Waals surface area contributed by atoms with Gasteiger partial charge in [-0.3, -0.25) is 4.57 Å². The van der Waals surface area contributed by atoms with Crippen LogP contribution in [0.4, 0.5) is 0 Å². The average Bonchev–Trinajstić information content (AvgIpc) is 2.63. The van der Waals surface area contributed by atoms with Gasteiger partial charge in [0, 0.05) is 17.4 Å². The Morgan fingerprint density at radius 3 is 2.75 bits per heavy atom. The summed E-state index contributed by atoms with van der Waals surface area (Å²) in [6.45, 7) is 0. The first-order chi connectivity index (χ1) is 7.59. The number of hydrogen-bond donors (Lipinski definition) is 2. The molecule has 0 atom stereocenters. The van der Waals surface area contributed by atoms with Crippen LogP contribution in [0.5, 0.6) is 0 Å².